The Morgan fingerprint density at radius 1 is 0.706 bits per heavy atom. The predicted octanol–water partition coefficient (Wildman–Crippen LogP) is 3.04. The van der Waals surface area contributed by atoms with Crippen molar-refractivity contribution in [1.82, 2.24) is 0 Å². The third-order valence-electron chi connectivity index (χ3n) is 2.76. The molecule has 0 aromatic heterocycles. The van der Waals surface area contributed by atoms with E-state index in [0.29, 0.717) is 0 Å². The number of hydrogen-bond acceptors (Lipinski definition) is 3. The van der Waals surface area contributed by atoms with E-state index in [0.717, 1.165) is 19.3 Å². The largest absolute Gasteiger partial charge is 0.639 e. The summed E-state index contributed by atoms with van der Waals surface area (Å²) in [4.78, 5) is 0. The molecule has 0 spiro atoms. The van der Waals surface area contributed by atoms with Crippen LogP contribution >= 0.6 is 0 Å². The van der Waals surface area contributed by atoms with Crippen LogP contribution < -0.4 is 0 Å². The first-order valence-corrected chi connectivity index (χ1v) is 6.49. The van der Waals surface area contributed by atoms with Crippen LogP contribution in [0.5, 0.6) is 0 Å². The maximum atomic E-state index is 5.70. The molecule has 0 aromatic rings. The quantitative estimate of drug-likeness (QED) is 0.577. The minimum absolute atomic E-state index is 0. The van der Waals surface area contributed by atoms with Crippen molar-refractivity contribution in [3.05, 3.63) is 0 Å². The van der Waals surface area contributed by atoms with E-state index in [1.165, 1.54) is 0 Å². The number of rotatable bonds is 9. The monoisotopic (exact) mass is 237 g/mol. The fraction of sp³-hybridized carbons (Fsp3) is 1.00. The third-order valence-corrected chi connectivity index (χ3v) is 2.76. The van der Waals surface area contributed by atoms with Crippen molar-refractivity contribution in [2.75, 3.05) is 0 Å². The summed E-state index contributed by atoms with van der Waals surface area (Å²) in [6.45, 7) is 12.4. The van der Waals surface area contributed by atoms with Gasteiger partial charge in [0.05, 0.1) is 0 Å². The summed E-state index contributed by atoms with van der Waals surface area (Å²) in [7, 11) is -0.528. The van der Waals surface area contributed by atoms with Crippen LogP contribution in [0.15, 0.2) is 0 Å². The second-order valence-corrected chi connectivity index (χ2v) is 4.35. The van der Waals surface area contributed by atoms with E-state index in [2.05, 4.69) is 20.8 Å². The second-order valence-electron chi connectivity index (χ2n) is 4.35. The Morgan fingerprint density at radius 2 is 0.941 bits per heavy atom. The Kier molecular flexibility index (Phi) is 13.6. The molecule has 0 rings (SSSR count). The maximum Gasteiger partial charge on any atom is 0.639 e. The summed E-state index contributed by atoms with van der Waals surface area (Å²) in [6.07, 6.45) is 3.38. The molecule has 0 saturated carbocycles. The van der Waals surface area contributed by atoms with Gasteiger partial charge in [0.15, 0.2) is 0 Å². The summed E-state index contributed by atoms with van der Waals surface area (Å²) in [5.41, 5.74) is 0. The average Bonchev–Trinajstić information content (AvgIpc) is 2.28. The Balaban J connectivity index is 0. The molecule has 0 saturated heterocycles. The molecule has 5 heteroatoms. The van der Waals surface area contributed by atoms with Gasteiger partial charge in [-0.2, -0.15) is 0 Å². The molecule has 0 N–H and O–H groups in total. The Labute approximate surface area is 119 Å². The van der Waals surface area contributed by atoms with Crippen molar-refractivity contribution < 1.29 is 14.0 Å². The summed E-state index contributed by atoms with van der Waals surface area (Å²) >= 11 is 0. The van der Waals surface area contributed by atoms with Gasteiger partial charge in [-0.15, -0.1) is 0 Å². The zero-order valence-corrected chi connectivity index (χ0v) is 12.7. The van der Waals surface area contributed by atoms with Gasteiger partial charge in [0.25, 0.3) is 0 Å². The van der Waals surface area contributed by atoms with Gasteiger partial charge < -0.3 is 14.0 Å². The molecule has 1 radical (unpaired) electrons. The molecule has 0 aliphatic heterocycles. The van der Waals surface area contributed by atoms with Crippen LogP contribution in [-0.2, 0) is 14.0 Å². The van der Waals surface area contributed by atoms with Crippen LogP contribution in [0, 0.1) is 0 Å². The van der Waals surface area contributed by atoms with E-state index in [9.17, 15) is 0 Å². The molecule has 0 aliphatic carbocycles. The van der Waals surface area contributed by atoms with E-state index in [1.54, 1.807) is 0 Å². The van der Waals surface area contributed by atoms with Crippen LogP contribution in [0.1, 0.15) is 60.8 Å². The van der Waals surface area contributed by atoms with Crippen molar-refractivity contribution in [1.29, 1.82) is 0 Å². The summed E-state index contributed by atoms with van der Waals surface area (Å²) in [5.74, 6) is 0. The molecular weight excluding hydrogens is 210 g/mol. The van der Waals surface area contributed by atoms with Crippen molar-refractivity contribution in [3.8, 4) is 0 Å². The first-order valence-electron chi connectivity index (χ1n) is 6.49. The Hall–Kier alpha value is 0.542. The zero-order valence-electron chi connectivity index (χ0n) is 12.7. The van der Waals surface area contributed by atoms with Gasteiger partial charge in [-0.05, 0) is 40.0 Å². The first-order chi connectivity index (χ1) is 7.53. The molecule has 0 amide bonds. The van der Waals surface area contributed by atoms with Crippen LogP contribution in [0.25, 0.3) is 0 Å². The fourth-order valence-corrected chi connectivity index (χ4v) is 0.954. The third kappa shape index (κ3) is 10.2. The summed E-state index contributed by atoms with van der Waals surface area (Å²) in [6, 6.07) is 0. The van der Waals surface area contributed by atoms with Crippen LogP contribution in [-0.4, -0.2) is 44.5 Å². The SMILES string of the molecule is CCC(C)OB(OC(C)CC)OC(C)CC.[Li]. The molecule has 3 nitrogen and oxygen atoms in total. The Morgan fingerprint density at radius 3 is 1.12 bits per heavy atom. The summed E-state index contributed by atoms with van der Waals surface area (Å²) < 4.78 is 17.1. The van der Waals surface area contributed by atoms with Crippen LogP contribution in [0.3, 0.4) is 0 Å². The topological polar surface area (TPSA) is 27.7 Å². The second kappa shape index (κ2) is 11.6. The number of hydrogen-bond donors (Lipinski definition) is 0. The molecule has 0 aromatic carbocycles. The van der Waals surface area contributed by atoms with Gasteiger partial charge in [0.2, 0.25) is 0 Å². The van der Waals surface area contributed by atoms with E-state index < -0.39 is 7.32 Å². The van der Waals surface area contributed by atoms with Crippen molar-refractivity contribution in [2.45, 2.75) is 79.1 Å². The molecule has 17 heavy (non-hydrogen) atoms. The van der Waals surface area contributed by atoms with Crippen LogP contribution in [0.4, 0.5) is 0 Å². The van der Waals surface area contributed by atoms with Gasteiger partial charge in [0, 0.05) is 37.2 Å². The maximum absolute atomic E-state index is 5.70. The van der Waals surface area contributed by atoms with Gasteiger partial charge in [-0.1, -0.05) is 20.8 Å². The van der Waals surface area contributed by atoms with Crippen LogP contribution in [0.2, 0.25) is 0 Å². The van der Waals surface area contributed by atoms with E-state index in [1.807, 2.05) is 20.8 Å². The summed E-state index contributed by atoms with van der Waals surface area (Å²) in [5, 5.41) is 0. The van der Waals surface area contributed by atoms with Crippen molar-refractivity contribution in [3.63, 3.8) is 0 Å². The molecular formula is C12H27BLiO3. The molecule has 0 heterocycles. The predicted molar refractivity (Wildman–Crippen MR) is 74.0 cm³/mol. The zero-order chi connectivity index (χ0) is 12.6. The van der Waals surface area contributed by atoms with Crippen molar-refractivity contribution in [2.24, 2.45) is 0 Å². The average molecular weight is 237 g/mol. The minimum atomic E-state index is -0.528. The molecule has 0 aliphatic rings. The molecule has 97 valence electrons. The Bertz CT molecular complexity index is 143. The molecule has 0 bridgehead atoms. The molecule has 0 fully saturated rings. The molecule has 3 unspecified atom stereocenters. The van der Waals surface area contributed by atoms with Gasteiger partial charge in [0.1, 0.15) is 0 Å². The minimum Gasteiger partial charge on any atom is -0.383 e. The molecule has 3 atom stereocenters. The first kappa shape index (κ1) is 19.9. The van der Waals surface area contributed by atoms with Gasteiger partial charge in [-0.3, -0.25) is 0 Å². The van der Waals surface area contributed by atoms with E-state index >= 15 is 0 Å². The van der Waals surface area contributed by atoms with Gasteiger partial charge >= 0.3 is 7.32 Å². The fourth-order valence-electron chi connectivity index (χ4n) is 0.954. The normalized spacial score (nSPS) is 15.9. The van der Waals surface area contributed by atoms with Gasteiger partial charge in [-0.25, -0.2) is 0 Å². The van der Waals surface area contributed by atoms with E-state index in [4.69, 9.17) is 14.0 Å². The standard InChI is InChI=1S/C12H27BO3.Li/c1-7-10(4)14-13(15-11(5)8-2)16-12(6)9-3;/h10-12H,7-9H2,1-6H3;. The smallest absolute Gasteiger partial charge is 0.383 e. The van der Waals surface area contributed by atoms with E-state index in [-0.39, 0.29) is 37.2 Å². The van der Waals surface area contributed by atoms with Crippen molar-refractivity contribution >= 4 is 26.2 Å².